The van der Waals surface area contributed by atoms with Crippen LogP contribution in [0.5, 0.6) is 5.75 Å². The predicted molar refractivity (Wildman–Crippen MR) is 97.3 cm³/mol. The molecule has 2 aromatic carbocycles. The van der Waals surface area contributed by atoms with Crippen LogP contribution in [0.1, 0.15) is 23.1 Å². The zero-order valence-corrected chi connectivity index (χ0v) is 16.3. The van der Waals surface area contributed by atoms with Gasteiger partial charge in [0, 0.05) is 26.1 Å². The van der Waals surface area contributed by atoms with Gasteiger partial charge in [-0.1, -0.05) is 29.8 Å². The summed E-state index contributed by atoms with van der Waals surface area (Å²) in [4.78, 5) is 4.67. The summed E-state index contributed by atoms with van der Waals surface area (Å²) in [6, 6.07) is 12.7. The van der Waals surface area contributed by atoms with Crippen LogP contribution in [0.15, 0.2) is 36.4 Å². The molecule has 4 heteroatoms. The van der Waals surface area contributed by atoms with E-state index in [1.807, 2.05) is 12.1 Å². The maximum absolute atomic E-state index is 5.52. The molecule has 2 aromatic rings. The Hall–Kier alpha value is -1.50. The van der Waals surface area contributed by atoms with E-state index < -0.39 is 0 Å². The van der Waals surface area contributed by atoms with Gasteiger partial charge in [-0.15, -0.1) is 0 Å². The average Bonchev–Trinajstić information content (AvgIpc) is 2.54. The number of methoxy groups -OCH3 is 1. The fourth-order valence-electron chi connectivity index (χ4n) is 3.54. The van der Waals surface area contributed by atoms with Crippen LogP contribution in [0.25, 0.3) is 0 Å². The number of hydrogen-bond acceptors (Lipinski definition) is 3. The minimum absolute atomic E-state index is 0. The molecule has 1 aliphatic rings. The molecular formula is C20H25N2OPd-. The number of anilines is 2. The third kappa shape index (κ3) is 3.77. The Morgan fingerprint density at radius 3 is 2.25 bits per heavy atom. The predicted octanol–water partition coefficient (Wildman–Crippen LogP) is 4.45. The molecule has 1 heterocycles. The minimum Gasteiger partial charge on any atom is -0.503 e. The quantitative estimate of drug-likeness (QED) is 0.544. The summed E-state index contributed by atoms with van der Waals surface area (Å²) in [5.41, 5.74) is 6.45. The van der Waals surface area contributed by atoms with Crippen molar-refractivity contribution in [1.29, 1.82) is 0 Å². The number of aryl methyl sites for hydroxylation is 3. The van der Waals surface area contributed by atoms with Crippen LogP contribution in [-0.4, -0.2) is 20.2 Å². The van der Waals surface area contributed by atoms with Crippen LogP contribution in [0.2, 0.25) is 0 Å². The van der Waals surface area contributed by atoms with Crippen molar-refractivity contribution < 1.29 is 25.2 Å². The van der Waals surface area contributed by atoms with E-state index >= 15 is 0 Å². The molecule has 0 bridgehead atoms. The second-order valence-corrected chi connectivity index (χ2v) is 6.27. The number of nitrogens with zero attached hydrogens (tertiary/aromatic N) is 2. The first-order valence-electron chi connectivity index (χ1n) is 8.19. The van der Waals surface area contributed by atoms with Crippen molar-refractivity contribution >= 4 is 11.4 Å². The summed E-state index contributed by atoms with van der Waals surface area (Å²) >= 11 is 0. The number of benzene rings is 2. The minimum atomic E-state index is 0. The zero-order valence-electron chi connectivity index (χ0n) is 14.8. The van der Waals surface area contributed by atoms with Crippen LogP contribution in [-0.2, 0) is 20.4 Å². The van der Waals surface area contributed by atoms with Crippen molar-refractivity contribution in [2.75, 3.05) is 30.0 Å². The molecule has 0 atom stereocenters. The molecule has 0 amide bonds. The summed E-state index contributed by atoms with van der Waals surface area (Å²) in [6.45, 7) is 10.9. The Morgan fingerprint density at radius 2 is 1.58 bits per heavy atom. The third-order valence-electron chi connectivity index (χ3n) is 4.39. The first-order chi connectivity index (χ1) is 11.1. The average molecular weight is 416 g/mol. The Morgan fingerprint density at radius 1 is 0.958 bits per heavy atom. The van der Waals surface area contributed by atoms with Gasteiger partial charge in [0.15, 0.2) is 0 Å². The number of rotatable bonds is 3. The maximum Gasteiger partial charge on any atom is 0.139 e. The third-order valence-corrected chi connectivity index (χ3v) is 4.39. The van der Waals surface area contributed by atoms with Crippen molar-refractivity contribution in [2.24, 2.45) is 0 Å². The van der Waals surface area contributed by atoms with Gasteiger partial charge in [-0.05, 0) is 63.5 Å². The summed E-state index contributed by atoms with van der Waals surface area (Å²) in [6.07, 6.45) is 1.13. The molecule has 132 valence electrons. The van der Waals surface area contributed by atoms with E-state index in [9.17, 15) is 0 Å². The Balaban J connectivity index is 0.00000208. The molecule has 0 aromatic heterocycles. The van der Waals surface area contributed by atoms with Gasteiger partial charge < -0.3 is 14.5 Å². The Bertz CT molecular complexity index is 679. The van der Waals surface area contributed by atoms with Gasteiger partial charge in [-0.25, -0.2) is 0 Å². The van der Waals surface area contributed by atoms with Crippen molar-refractivity contribution in [3.63, 3.8) is 0 Å². The monoisotopic (exact) mass is 415 g/mol. The second-order valence-electron chi connectivity index (χ2n) is 6.27. The Labute approximate surface area is 159 Å². The normalized spacial score (nSPS) is 14.3. The van der Waals surface area contributed by atoms with Crippen LogP contribution in [0.3, 0.4) is 0 Å². The Kier molecular flexibility index (Phi) is 6.32. The molecule has 0 spiro atoms. The molecule has 0 saturated carbocycles. The first-order valence-corrected chi connectivity index (χ1v) is 8.19. The van der Waals surface area contributed by atoms with E-state index in [1.54, 1.807) is 7.11 Å². The topological polar surface area (TPSA) is 15.7 Å². The largest absolute Gasteiger partial charge is 0.503 e. The van der Waals surface area contributed by atoms with E-state index in [0.717, 1.165) is 30.9 Å². The van der Waals surface area contributed by atoms with Crippen molar-refractivity contribution in [1.82, 2.24) is 0 Å². The van der Waals surface area contributed by atoms with E-state index in [-0.39, 0.29) is 20.4 Å². The van der Waals surface area contributed by atoms with Crippen LogP contribution >= 0.6 is 0 Å². The van der Waals surface area contributed by atoms with Crippen LogP contribution < -0.4 is 14.5 Å². The molecule has 0 N–H and O–H groups in total. The SMILES string of the molecule is COc1ccccc1N1[CH-]N(c2c(C)cc(C)cc2C)CCC1.[Pd]. The standard InChI is InChI=1S/C20H25N2O.Pd/c1-15-12-16(2)20(17(3)13-15)22-11-7-10-21(14-22)18-8-5-6-9-19(18)23-4;/h5-6,8-9,12-14H,7,10-11H2,1-4H3;/q-1;. The van der Waals surface area contributed by atoms with Crippen molar-refractivity contribution in [3.8, 4) is 5.75 Å². The maximum atomic E-state index is 5.52. The van der Waals surface area contributed by atoms with Crippen LogP contribution in [0.4, 0.5) is 11.4 Å². The van der Waals surface area contributed by atoms with Gasteiger partial charge >= 0.3 is 0 Å². The van der Waals surface area contributed by atoms with Gasteiger partial charge in [-0.3, -0.25) is 0 Å². The van der Waals surface area contributed by atoms with Gasteiger partial charge in [0.05, 0.1) is 12.8 Å². The number of para-hydroxylation sites is 2. The van der Waals surface area contributed by atoms with E-state index in [0.29, 0.717) is 0 Å². The molecular weight excluding hydrogens is 391 g/mol. The van der Waals surface area contributed by atoms with E-state index in [2.05, 4.69) is 61.5 Å². The summed E-state index contributed by atoms with van der Waals surface area (Å²) in [5, 5.41) is 0. The molecule has 1 aliphatic heterocycles. The summed E-state index contributed by atoms with van der Waals surface area (Å²) in [5.74, 6) is 0.919. The van der Waals surface area contributed by atoms with E-state index in [4.69, 9.17) is 4.74 Å². The molecule has 0 aliphatic carbocycles. The molecule has 3 nitrogen and oxygen atoms in total. The van der Waals surface area contributed by atoms with Crippen molar-refractivity contribution in [2.45, 2.75) is 27.2 Å². The van der Waals surface area contributed by atoms with Gasteiger partial charge in [-0.2, -0.15) is 6.67 Å². The molecule has 1 saturated heterocycles. The molecule has 0 unspecified atom stereocenters. The zero-order chi connectivity index (χ0) is 16.4. The van der Waals surface area contributed by atoms with Gasteiger partial charge in [0.25, 0.3) is 0 Å². The first kappa shape index (κ1) is 18.8. The fourth-order valence-corrected chi connectivity index (χ4v) is 3.54. The number of hydrogen-bond donors (Lipinski definition) is 0. The van der Waals surface area contributed by atoms with Gasteiger partial charge in [0.1, 0.15) is 5.75 Å². The molecule has 24 heavy (non-hydrogen) atoms. The molecule has 1 fully saturated rings. The smallest absolute Gasteiger partial charge is 0.139 e. The summed E-state index contributed by atoms with van der Waals surface area (Å²) in [7, 11) is 1.73. The summed E-state index contributed by atoms with van der Waals surface area (Å²) < 4.78 is 5.52. The van der Waals surface area contributed by atoms with E-state index in [1.165, 1.54) is 22.4 Å². The molecule has 3 rings (SSSR count). The fraction of sp³-hybridized carbons (Fsp3) is 0.350. The second kappa shape index (κ2) is 8.05. The van der Waals surface area contributed by atoms with Gasteiger partial charge in [0.2, 0.25) is 0 Å². The molecule has 0 radical (unpaired) electrons. The number of ether oxygens (including phenoxy) is 1. The van der Waals surface area contributed by atoms with Crippen molar-refractivity contribution in [3.05, 3.63) is 59.8 Å². The van der Waals surface area contributed by atoms with Crippen LogP contribution in [0, 0.1) is 27.4 Å².